The van der Waals surface area contributed by atoms with E-state index in [0.717, 1.165) is 66.8 Å². The van der Waals surface area contributed by atoms with Gasteiger partial charge in [0.15, 0.2) is 5.69 Å². The van der Waals surface area contributed by atoms with Crippen molar-refractivity contribution in [3.8, 4) is 22.6 Å². The quantitative estimate of drug-likeness (QED) is 0.189. The number of carbonyl (C=O) groups is 1. The number of rotatable bonds is 10. The Hall–Kier alpha value is -4.60. The summed E-state index contributed by atoms with van der Waals surface area (Å²) in [6, 6.07) is 25.8. The second-order valence-corrected chi connectivity index (χ2v) is 11.8. The van der Waals surface area contributed by atoms with Gasteiger partial charge in [-0.1, -0.05) is 73.2 Å². The van der Waals surface area contributed by atoms with Crippen LogP contribution in [0.2, 0.25) is 0 Å². The normalized spacial score (nSPS) is 16.2. The van der Waals surface area contributed by atoms with Crippen molar-refractivity contribution in [2.75, 3.05) is 6.54 Å². The molecule has 1 heterocycles. The largest absolute Gasteiger partial charge is 0.488 e. The van der Waals surface area contributed by atoms with E-state index in [1.54, 1.807) is 6.07 Å². The van der Waals surface area contributed by atoms with Gasteiger partial charge in [-0.15, -0.1) is 0 Å². The first-order valence-corrected chi connectivity index (χ1v) is 15.5. The second-order valence-electron chi connectivity index (χ2n) is 11.8. The van der Waals surface area contributed by atoms with Gasteiger partial charge >= 0.3 is 5.97 Å². The molecule has 0 spiro atoms. The van der Waals surface area contributed by atoms with E-state index in [1.807, 2.05) is 30.3 Å². The number of aliphatic carboxylic acids is 1. The van der Waals surface area contributed by atoms with Crippen LogP contribution in [-0.4, -0.2) is 28.6 Å². The van der Waals surface area contributed by atoms with Gasteiger partial charge in [0.25, 0.3) is 0 Å². The predicted molar refractivity (Wildman–Crippen MR) is 172 cm³/mol. The van der Waals surface area contributed by atoms with Crippen molar-refractivity contribution in [1.82, 2.24) is 4.90 Å². The highest BCUT2D eigenvalue weighted by atomic mass is 16.5. The van der Waals surface area contributed by atoms with Gasteiger partial charge in [0, 0.05) is 18.2 Å². The smallest absolute Gasteiger partial charge is 0.320 e. The molecule has 1 aliphatic heterocycles. The maximum atomic E-state index is 12.1. The standard InChI is InChI=1S/C38H38N2O4/c1-26-29(14-9-16-31(26)28-12-4-3-5-13-28)25-44-36-22-37(43-24-27-11-8-15-30(21-27)39-2)34(32-17-10-18-33(32)36)23-40-20-7-6-19-35(40)38(41)42/h3-5,8-9,11-16,21-22,35H,6-7,10,17-20,23-25H2,1H3,(H,41,42)/t35-/m0/s1. The summed E-state index contributed by atoms with van der Waals surface area (Å²) in [4.78, 5) is 17.8. The Morgan fingerprint density at radius 2 is 1.70 bits per heavy atom. The lowest BCUT2D eigenvalue weighted by molar-refractivity contribution is -0.144. The molecule has 6 nitrogen and oxygen atoms in total. The molecule has 1 aliphatic carbocycles. The van der Waals surface area contributed by atoms with E-state index in [0.29, 0.717) is 31.9 Å². The SMILES string of the molecule is [C-]#[N+]c1cccc(COc2cc(OCc3cccc(-c4ccccc4)c3C)c3c(c2CN2CCCC[C@H]2C(=O)O)CCC3)c1. The van der Waals surface area contributed by atoms with E-state index < -0.39 is 12.0 Å². The number of benzene rings is 4. The lowest BCUT2D eigenvalue weighted by atomic mass is 9.96. The van der Waals surface area contributed by atoms with Crippen molar-refractivity contribution >= 4 is 11.7 Å². The van der Waals surface area contributed by atoms with Crippen LogP contribution in [-0.2, 0) is 37.4 Å². The van der Waals surface area contributed by atoms with Crippen molar-refractivity contribution in [3.05, 3.63) is 124 Å². The molecule has 4 aromatic carbocycles. The van der Waals surface area contributed by atoms with Gasteiger partial charge < -0.3 is 14.6 Å². The van der Waals surface area contributed by atoms with Gasteiger partial charge in [0.1, 0.15) is 30.8 Å². The first-order chi connectivity index (χ1) is 21.5. The predicted octanol–water partition coefficient (Wildman–Crippen LogP) is 8.30. The van der Waals surface area contributed by atoms with Crippen molar-refractivity contribution in [1.29, 1.82) is 0 Å². The highest BCUT2D eigenvalue weighted by molar-refractivity contribution is 5.73. The lowest BCUT2D eigenvalue weighted by Crippen LogP contribution is -2.44. The molecule has 1 atom stereocenters. The molecule has 1 saturated heterocycles. The third-order valence-electron chi connectivity index (χ3n) is 9.05. The fourth-order valence-electron chi connectivity index (χ4n) is 6.69. The van der Waals surface area contributed by atoms with Gasteiger partial charge in [-0.2, -0.15) is 0 Å². The number of carboxylic acid groups (broad SMARTS) is 1. The average Bonchev–Trinajstić information content (AvgIpc) is 3.55. The summed E-state index contributed by atoms with van der Waals surface area (Å²) in [7, 11) is 0. The van der Waals surface area contributed by atoms with Crippen LogP contribution in [0.5, 0.6) is 11.5 Å². The summed E-state index contributed by atoms with van der Waals surface area (Å²) in [5, 5.41) is 9.97. The van der Waals surface area contributed by atoms with Crippen LogP contribution >= 0.6 is 0 Å². The summed E-state index contributed by atoms with van der Waals surface area (Å²) >= 11 is 0. The highest BCUT2D eigenvalue weighted by Gasteiger charge is 2.32. The van der Waals surface area contributed by atoms with Gasteiger partial charge in [-0.3, -0.25) is 9.69 Å². The minimum absolute atomic E-state index is 0.315. The van der Waals surface area contributed by atoms with E-state index >= 15 is 0 Å². The van der Waals surface area contributed by atoms with Crippen molar-refractivity contribution in [2.45, 2.75) is 71.2 Å². The molecule has 0 radical (unpaired) electrons. The zero-order valence-corrected chi connectivity index (χ0v) is 25.2. The number of ether oxygens (including phenoxy) is 2. The molecule has 0 aromatic heterocycles. The number of fused-ring (bicyclic) bond motifs is 1. The first-order valence-electron chi connectivity index (χ1n) is 15.5. The Morgan fingerprint density at radius 3 is 2.52 bits per heavy atom. The molecule has 1 N–H and O–H groups in total. The van der Waals surface area contributed by atoms with Crippen LogP contribution in [0.15, 0.2) is 78.9 Å². The number of carboxylic acids is 1. The third kappa shape index (κ3) is 6.34. The molecule has 0 bridgehead atoms. The van der Waals surface area contributed by atoms with Crippen molar-refractivity contribution in [3.63, 3.8) is 0 Å². The Morgan fingerprint density at radius 1 is 0.909 bits per heavy atom. The zero-order chi connectivity index (χ0) is 30.5. The Labute approximate surface area is 259 Å². The molecular weight excluding hydrogens is 548 g/mol. The maximum absolute atomic E-state index is 12.1. The summed E-state index contributed by atoms with van der Waals surface area (Å²) in [5.74, 6) is 0.815. The Balaban J connectivity index is 1.33. The van der Waals surface area contributed by atoms with E-state index in [9.17, 15) is 9.90 Å². The highest BCUT2D eigenvalue weighted by Crippen LogP contribution is 2.41. The lowest BCUT2D eigenvalue weighted by Gasteiger charge is -2.34. The number of piperidine rings is 1. The van der Waals surface area contributed by atoms with Crippen LogP contribution in [0, 0.1) is 13.5 Å². The molecule has 6 rings (SSSR count). The monoisotopic (exact) mass is 586 g/mol. The number of nitrogens with zero attached hydrogens (tertiary/aromatic N) is 2. The van der Waals surface area contributed by atoms with E-state index in [-0.39, 0.29) is 0 Å². The molecule has 2 aliphatic rings. The number of hydrogen-bond acceptors (Lipinski definition) is 4. The third-order valence-corrected chi connectivity index (χ3v) is 9.05. The van der Waals surface area contributed by atoms with Gasteiger partial charge in [-0.25, -0.2) is 4.85 Å². The number of likely N-dealkylation sites (tertiary alicyclic amines) is 1. The van der Waals surface area contributed by atoms with Crippen LogP contribution < -0.4 is 9.47 Å². The molecule has 0 saturated carbocycles. The fraction of sp³-hybridized carbons (Fsp3) is 0.316. The van der Waals surface area contributed by atoms with Crippen LogP contribution in [0.25, 0.3) is 16.0 Å². The van der Waals surface area contributed by atoms with Gasteiger partial charge in [0.2, 0.25) is 0 Å². The van der Waals surface area contributed by atoms with Crippen molar-refractivity contribution in [2.24, 2.45) is 0 Å². The molecule has 4 aromatic rings. The summed E-state index contributed by atoms with van der Waals surface area (Å²) in [5.41, 5.74) is 9.74. The topological polar surface area (TPSA) is 63.4 Å². The minimum atomic E-state index is -0.757. The number of hydrogen-bond donors (Lipinski definition) is 1. The first kappa shape index (κ1) is 29.5. The molecular formula is C38H38N2O4. The average molecular weight is 587 g/mol. The van der Waals surface area contributed by atoms with Crippen LogP contribution in [0.1, 0.15) is 59.1 Å². The zero-order valence-electron chi connectivity index (χ0n) is 25.2. The summed E-state index contributed by atoms with van der Waals surface area (Å²) in [6.07, 6.45) is 5.47. The minimum Gasteiger partial charge on any atom is -0.488 e. The fourth-order valence-corrected chi connectivity index (χ4v) is 6.69. The van der Waals surface area contributed by atoms with Crippen LogP contribution in [0.4, 0.5) is 5.69 Å². The molecule has 0 unspecified atom stereocenters. The van der Waals surface area contributed by atoms with Gasteiger partial charge in [-0.05, 0) is 90.6 Å². The van der Waals surface area contributed by atoms with E-state index in [2.05, 4.69) is 59.1 Å². The summed E-state index contributed by atoms with van der Waals surface area (Å²) in [6.45, 7) is 11.6. The molecule has 6 heteroatoms. The van der Waals surface area contributed by atoms with E-state index in [1.165, 1.54) is 27.8 Å². The molecule has 1 fully saturated rings. The Kier molecular flexibility index (Phi) is 8.95. The molecule has 224 valence electrons. The maximum Gasteiger partial charge on any atom is 0.320 e. The van der Waals surface area contributed by atoms with Crippen LogP contribution in [0.3, 0.4) is 0 Å². The van der Waals surface area contributed by atoms with Gasteiger partial charge in [0.05, 0.1) is 6.57 Å². The summed E-state index contributed by atoms with van der Waals surface area (Å²) < 4.78 is 13.1. The van der Waals surface area contributed by atoms with E-state index in [4.69, 9.17) is 16.0 Å². The molecule has 0 amide bonds. The Bertz CT molecular complexity index is 1690. The van der Waals surface area contributed by atoms with Crippen molar-refractivity contribution < 1.29 is 19.4 Å². The molecule has 44 heavy (non-hydrogen) atoms. The second kappa shape index (κ2) is 13.4.